The number of hydrogen-bond acceptors (Lipinski definition) is 21. The summed E-state index contributed by atoms with van der Waals surface area (Å²) in [4.78, 5) is 94.8. The largest absolute Gasteiger partial charge is 0.499 e. The zero-order valence-corrected chi connectivity index (χ0v) is 49.4. The molecule has 6 aliphatic carbocycles. The highest BCUT2D eigenvalue weighted by atomic mass is 16.6. The van der Waals surface area contributed by atoms with Crippen LogP contribution in [0.2, 0.25) is 0 Å². The van der Waals surface area contributed by atoms with Crippen LogP contribution in [-0.4, -0.2) is 180 Å². The Morgan fingerprint density at radius 1 is 0.471 bits per heavy atom. The quantitative estimate of drug-likeness (QED) is 0.188. The highest BCUT2D eigenvalue weighted by molar-refractivity contribution is 6.08. The van der Waals surface area contributed by atoms with Gasteiger partial charge < -0.3 is 52.8 Å². The van der Waals surface area contributed by atoms with E-state index in [1.54, 1.807) is 42.5 Å². The van der Waals surface area contributed by atoms with Gasteiger partial charge in [-0.3, -0.25) is 48.3 Å². The first-order valence-corrected chi connectivity index (χ1v) is 28.1. The highest BCUT2D eigenvalue weighted by Crippen LogP contribution is 2.62. The SMILES string of the molecule is C.COC1=CC2[C@@H]3C(=O)c4ccc(OC)c(OC(C)=O)c4[C@]2(CCN3C)CC1=O.COC1=CC2[C@@H]3C(=O)c4ccc(OC)c(OC(C)=O)c4[C@]2(CCN3C)C[C@@H]1O.COC1=CC2[C@@H]3C(=O)c4ccc(OC)c(OC(C)=O)c4[C@]2(CCN3C)C[C@H]1O. The van der Waals surface area contributed by atoms with Crippen molar-refractivity contribution in [2.45, 2.75) is 113 Å². The summed E-state index contributed by atoms with van der Waals surface area (Å²) in [6.45, 7) is 6.03. The van der Waals surface area contributed by atoms with Gasteiger partial charge >= 0.3 is 17.9 Å². The van der Waals surface area contributed by atoms with Crippen LogP contribution in [0.15, 0.2) is 71.9 Å². The molecule has 85 heavy (non-hydrogen) atoms. The zero-order chi connectivity index (χ0) is 60.6. The van der Waals surface area contributed by atoms with Gasteiger partial charge in [-0.25, -0.2) is 0 Å². The molecule has 9 aliphatic rings. The van der Waals surface area contributed by atoms with E-state index >= 15 is 0 Å². The lowest BCUT2D eigenvalue weighted by atomic mass is 9.53. The fourth-order valence-corrected chi connectivity index (χ4v) is 15.6. The summed E-state index contributed by atoms with van der Waals surface area (Å²) in [5, 5.41) is 21.5. The van der Waals surface area contributed by atoms with E-state index in [9.17, 15) is 43.8 Å². The highest BCUT2D eigenvalue weighted by Gasteiger charge is 2.63. The fourth-order valence-electron chi connectivity index (χ4n) is 15.6. The number of carbonyl (C=O) groups is 7. The number of likely N-dealkylation sites (N-methyl/N-ethyl adjacent to an activating group) is 3. The number of nitrogens with zero attached hydrogens (tertiary/aromatic N) is 3. The molecule has 3 heterocycles. The molecule has 3 unspecified atom stereocenters. The first kappa shape index (κ1) is 62.1. The van der Waals surface area contributed by atoms with Gasteiger partial charge in [-0.2, -0.15) is 0 Å². The number of rotatable bonds is 9. The minimum Gasteiger partial charge on any atom is -0.499 e. The predicted molar refractivity (Wildman–Crippen MR) is 307 cm³/mol. The molecule has 21 heteroatoms. The number of likely N-dealkylation sites (tertiary alicyclic amines) is 3. The number of aliphatic hydroxyl groups is 2. The third-order valence-electron chi connectivity index (χ3n) is 19.2. The van der Waals surface area contributed by atoms with E-state index in [4.69, 9.17) is 42.6 Å². The minimum atomic E-state index is -0.789. The van der Waals surface area contributed by atoms with Crippen LogP contribution in [-0.2, 0) is 49.6 Å². The van der Waals surface area contributed by atoms with Crippen molar-refractivity contribution < 1.29 is 86.4 Å². The molecule has 3 aromatic carbocycles. The number of benzene rings is 3. The summed E-state index contributed by atoms with van der Waals surface area (Å²) in [6, 6.07) is 9.09. The molecule has 3 aromatic rings. The van der Waals surface area contributed by atoms with E-state index in [0.29, 0.717) is 101 Å². The number of hydrogen-bond donors (Lipinski definition) is 2. The Labute approximate surface area is 494 Å². The molecule has 21 nitrogen and oxygen atoms in total. The average Bonchev–Trinajstić information content (AvgIpc) is 0.729. The monoisotopic (exact) mass is 1180 g/mol. The van der Waals surface area contributed by atoms with Gasteiger partial charge in [-0.15, -0.1) is 0 Å². The van der Waals surface area contributed by atoms with Gasteiger partial charge in [-0.05, 0) is 128 Å². The molecule has 0 saturated carbocycles. The van der Waals surface area contributed by atoms with E-state index in [1.165, 1.54) is 63.4 Å². The van der Waals surface area contributed by atoms with Crippen molar-refractivity contribution in [3.05, 3.63) is 105 Å². The van der Waals surface area contributed by atoms with Crippen molar-refractivity contribution in [2.24, 2.45) is 17.8 Å². The maximum absolute atomic E-state index is 13.4. The molecule has 6 bridgehead atoms. The number of ketones is 4. The van der Waals surface area contributed by atoms with Crippen LogP contribution < -0.4 is 28.4 Å². The summed E-state index contributed by atoms with van der Waals surface area (Å²) in [5.74, 6) is 0.975. The van der Waals surface area contributed by atoms with Crippen molar-refractivity contribution >= 4 is 41.0 Å². The lowest BCUT2D eigenvalue weighted by molar-refractivity contribution is -0.133. The van der Waals surface area contributed by atoms with Gasteiger partial charge in [0.2, 0.25) is 0 Å². The second-order valence-electron chi connectivity index (χ2n) is 23.3. The summed E-state index contributed by atoms with van der Waals surface area (Å²) in [6.07, 6.45) is 7.05. The van der Waals surface area contributed by atoms with E-state index in [0.717, 1.165) is 12.8 Å². The zero-order valence-electron chi connectivity index (χ0n) is 49.4. The Kier molecular flexibility index (Phi) is 17.1. The molecule has 3 aliphatic heterocycles. The average molecular weight is 1180 g/mol. The minimum absolute atomic E-state index is 0. The molecule has 3 fully saturated rings. The smallest absolute Gasteiger partial charge is 0.308 e. The maximum atomic E-state index is 13.4. The molecule has 11 atom stereocenters. The van der Waals surface area contributed by atoms with Crippen molar-refractivity contribution in [3.8, 4) is 34.5 Å². The number of methoxy groups -OCH3 is 6. The molecule has 2 N–H and O–H groups in total. The molecular formula is C64H77N3O18. The van der Waals surface area contributed by atoms with Gasteiger partial charge in [0.1, 0.15) is 23.7 Å². The van der Waals surface area contributed by atoms with Gasteiger partial charge in [0.05, 0.1) is 60.8 Å². The Bertz CT molecular complexity index is 3220. The van der Waals surface area contributed by atoms with Crippen LogP contribution in [0.25, 0.3) is 0 Å². The molecule has 0 amide bonds. The first-order valence-electron chi connectivity index (χ1n) is 28.1. The van der Waals surface area contributed by atoms with Crippen LogP contribution >= 0.6 is 0 Å². The van der Waals surface area contributed by atoms with E-state index in [1.807, 2.05) is 38.2 Å². The molecule has 12 rings (SSSR count). The van der Waals surface area contributed by atoms with Crippen molar-refractivity contribution in [1.29, 1.82) is 0 Å². The topological polar surface area (TPSA) is 253 Å². The molecule has 0 radical (unpaired) electrons. The number of esters is 3. The van der Waals surface area contributed by atoms with Crippen LogP contribution in [0.1, 0.15) is 114 Å². The Balaban J connectivity index is 0.000000152. The number of aliphatic hydroxyl groups excluding tert-OH is 2. The normalized spacial score (nSPS) is 30.2. The fraction of sp³-hybridized carbons (Fsp3) is 0.516. The van der Waals surface area contributed by atoms with E-state index in [2.05, 4.69) is 9.80 Å². The number of fused-ring (bicyclic) bond motifs is 3. The molecular weight excluding hydrogens is 1100 g/mol. The van der Waals surface area contributed by atoms with Crippen molar-refractivity contribution in [1.82, 2.24) is 14.7 Å². The second-order valence-corrected chi connectivity index (χ2v) is 23.3. The summed E-state index contributed by atoms with van der Waals surface area (Å²) >= 11 is 0. The Morgan fingerprint density at radius 3 is 1.09 bits per heavy atom. The number of allylic oxidation sites excluding steroid dienone is 1. The molecule has 0 aromatic heterocycles. The summed E-state index contributed by atoms with van der Waals surface area (Å²) < 4.78 is 49.1. The van der Waals surface area contributed by atoms with E-state index < -0.39 is 52.4 Å². The van der Waals surface area contributed by atoms with Crippen molar-refractivity contribution in [2.75, 3.05) is 83.4 Å². The number of carbonyl (C=O) groups excluding carboxylic acids is 7. The Hall–Kier alpha value is -7.43. The molecule has 456 valence electrons. The maximum Gasteiger partial charge on any atom is 0.308 e. The summed E-state index contributed by atoms with van der Waals surface area (Å²) in [5.41, 5.74) is 1.80. The van der Waals surface area contributed by atoms with Gasteiger partial charge in [-0.1, -0.05) is 7.43 Å². The van der Waals surface area contributed by atoms with Crippen LogP contribution in [0.5, 0.6) is 34.5 Å². The third kappa shape index (κ3) is 9.79. The number of Topliss-reactive ketones (excluding diaryl/α,β-unsaturated/α-hetero) is 4. The lowest BCUT2D eigenvalue weighted by Gasteiger charge is -2.56. The van der Waals surface area contributed by atoms with E-state index in [-0.39, 0.29) is 89.8 Å². The number of piperidine rings is 3. The number of ether oxygens (including phenoxy) is 9. The lowest BCUT2D eigenvalue weighted by Crippen LogP contribution is -2.63. The van der Waals surface area contributed by atoms with Crippen molar-refractivity contribution in [3.63, 3.8) is 0 Å². The molecule has 0 spiro atoms. The van der Waals surface area contributed by atoms with Crippen LogP contribution in [0.3, 0.4) is 0 Å². The van der Waals surface area contributed by atoms with Crippen LogP contribution in [0, 0.1) is 17.8 Å². The third-order valence-corrected chi connectivity index (χ3v) is 19.2. The molecule has 3 saturated heterocycles. The van der Waals surface area contributed by atoms with Gasteiger partial charge in [0.25, 0.3) is 0 Å². The van der Waals surface area contributed by atoms with Gasteiger partial charge in [0.15, 0.2) is 63.4 Å². The summed E-state index contributed by atoms with van der Waals surface area (Å²) in [7, 11) is 14.8. The standard InChI is InChI=1S/2C21H25NO6.C21H23NO6.CH4/c3*1-11(23)28-20-15(26-3)6-5-12-17(20)21-7-8-22(2)18(19(12)25)13(21)9-16(27-4)14(24)10-21;/h2*5-6,9,13-14,18,24H,7-8,10H2,1-4H3;5-6,9,13,18H,7-8,10H2,1-4H3;1H4/t13?,14-,18+,21+;13?,14-,18-,21-;13?,18-,21-;/m011./s1. The Morgan fingerprint density at radius 2 is 0.788 bits per heavy atom. The first-order chi connectivity index (χ1) is 40.0. The van der Waals surface area contributed by atoms with Crippen LogP contribution in [0.4, 0.5) is 0 Å². The predicted octanol–water partition coefficient (Wildman–Crippen LogP) is 5.85. The second kappa shape index (κ2) is 23.4. The van der Waals surface area contributed by atoms with Gasteiger partial charge in [0, 0.05) is 94.6 Å².